The zero-order valence-electron chi connectivity index (χ0n) is 8.20. The summed E-state index contributed by atoms with van der Waals surface area (Å²) in [7, 11) is 0. The van der Waals surface area contributed by atoms with Crippen LogP contribution < -0.4 is 0 Å². The Balaban J connectivity index is 3.01. The normalized spacial score (nSPS) is 12.5. The summed E-state index contributed by atoms with van der Waals surface area (Å²) in [5.41, 5.74) is 0.387. The lowest BCUT2D eigenvalue weighted by molar-refractivity contribution is -0.139. The Kier molecular flexibility index (Phi) is 4.20. The fourth-order valence-electron chi connectivity index (χ4n) is 1.31. The van der Waals surface area contributed by atoms with Crippen LogP contribution in [-0.4, -0.2) is 16.1 Å². The van der Waals surface area contributed by atoms with Crippen molar-refractivity contribution >= 4 is 21.9 Å². The number of rotatable bonds is 4. The van der Waals surface area contributed by atoms with E-state index in [9.17, 15) is 9.18 Å². The van der Waals surface area contributed by atoms with E-state index in [0.29, 0.717) is 12.1 Å². The number of carbonyl (C=O) groups is 1. The molecular formula is C10H11BrFNO2. The van der Waals surface area contributed by atoms with Crippen LogP contribution in [0, 0.1) is 5.82 Å². The minimum absolute atomic E-state index is 0.0577. The molecule has 1 N–H and O–H groups in total. The zero-order chi connectivity index (χ0) is 11.4. The second kappa shape index (κ2) is 5.21. The molecule has 0 fully saturated rings. The van der Waals surface area contributed by atoms with Gasteiger partial charge in [-0.25, -0.2) is 9.37 Å². The highest BCUT2D eigenvalue weighted by Crippen LogP contribution is 2.22. The van der Waals surface area contributed by atoms with Crippen molar-refractivity contribution < 1.29 is 14.3 Å². The highest BCUT2D eigenvalue weighted by Gasteiger charge is 2.20. The molecule has 1 heterocycles. The predicted octanol–water partition coefficient (Wildman–Crippen LogP) is 2.95. The molecule has 1 rings (SSSR count). The maximum atomic E-state index is 12.9. The predicted molar refractivity (Wildman–Crippen MR) is 57.2 cm³/mol. The molecule has 0 aromatic carbocycles. The fraction of sp³-hybridized carbons (Fsp3) is 0.400. The summed E-state index contributed by atoms with van der Waals surface area (Å²) in [4.78, 5) is 14.8. The van der Waals surface area contributed by atoms with E-state index in [1.807, 2.05) is 6.92 Å². The van der Waals surface area contributed by atoms with Gasteiger partial charge in [0.25, 0.3) is 0 Å². The van der Waals surface area contributed by atoms with E-state index in [0.717, 1.165) is 6.42 Å². The zero-order valence-corrected chi connectivity index (χ0v) is 9.79. The van der Waals surface area contributed by atoms with Gasteiger partial charge in [-0.15, -0.1) is 0 Å². The molecule has 5 heteroatoms. The van der Waals surface area contributed by atoms with Gasteiger partial charge in [0.05, 0.1) is 11.6 Å². The first-order valence-electron chi connectivity index (χ1n) is 4.61. The van der Waals surface area contributed by atoms with Gasteiger partial charge in [-0.05, 0) is 34.5 Å². The van der Waals surface area contributed by atoms with E-state index in [1.54, 1.807) is 0 Å². The van der Waals surface area contributed by atoms with Crippen LogP contribution in [-0.2, 0) is 4.79 Å². The number of nitrogens with zero attached hydrogens (tertiary/aromatic N) is 1. The van der Waals surface area contributed by atoms with Crippen LogP contribution in [0.1, 0.15) is 31.4 Å². The van der Waals surface area contributed by atoms with E-state index in [-0.39, 0.29) is 4.60 Å². The Morgan fingerprint density at radius 1 is 1.67 bits per heavy atom. The standard InChI is InChI=1S/C10H11BrFNO2/c1-2-3-6(10(14)15)8-5-4-7(12)9(11)13-8/h4-6H,2-3H2,1H3,(H,14,15). The quantitative estimate of drug-likeness (QED) is 0.860. The van der Waals surface area contributed by atoms with Gasteiger partial charge in [0.2, 0.25) is 0 Å². The summed E-state index contributed by atoms with van der Waals surface area (Å²) in [6.07, 6.45) is 1.24. The van der Waals surface area contributed by atoms with E-state index in [4.69, 9.17) is 5.11 Å². The van der Waals surface area contributed by atoms with Gasteiger partial charge < -0.3 is 5.11 Å². The first-order chi connectivity index (χ1) is 7.06. The molecule has 0 radical (unpaired) electrons. The third kappa shape index (κ3) is 2.99. The molecule has 1 atom stereocenters. The molecule has 0 aliphatic rings. The first kappa shape index (κ1) is 12.1. The van der Waals surface area contributed by atoms with Crippen LogP contribution in [0.3, 0.4) is 0 Å². The molecule has 0 saturated heterocycles. The summed E-state index contributed by atoms with van der Waals surface area (Å²) in [5, 5.41) is 8.97. The van der Waals surface area contributed by atoms with Crippen molar-refractivity contribution in [1.29, 1.82) is 0 Å². The number of carboxylic acid groups (broad SMARTS) is 1. The summed E-state index contributed by atoms with van der Waals surface area (Å²) >= 11 is 2.94. The number of pyridine rings is 1. The maximum Gasteiger partial charge on any atom is 0.312 e. The maximum absolute atomic E-state index is 12.9. The molecule has 0 aliphatic carbocycles. The number of carboxylic acids is 1. The molecule has 1 aromatic rings. The Morgan fingerprint density at radius 3 is 2.80 bits per heavy atom. The van der Waals surface area contributed by atoms with Gasteiger partial charge in [0, 0.05) is 0 Å². The smallest absolute Gasteiger partial charge is 0.312 e. The Morgan fingerprint density at radius 2 is 2.33 bits per heavy atom. The molecule has 3 nitrogen and oxygen atoms in total. The molecule has 82 valence electrons. The van der Waals surface area contributed by atoms with Crippen LogP contribution >= 0.6 is 15.9 Å². The summed E-state index contributed by atoms with van der Waals surface area (Å²) < 4.78 is 12.9. The average Bonchev–Trinajstić information content (AvgIpc) is 2.18. The van der Waals surface area contributed by atoms with Gasteiger partial charge in [-0.2, -0.15) is 0 Å². The Hall–Kier alpha value is -0.970. The molecule has 0 amide bonds. The van der Waals surface area contributed by atoms with Gasteiger partial charge in [0.1, 0.15) is 4.60 Å². The topological polar surface area (TPSA) is 50.2 Å². The third-order valence-corrected chi connectivity index (χ3v) is 2.61. The highest BCUT2D eigenvalue weighted by molar-refractivity contribution is 9.10. The van der Waals surface area contributed by atoms with Crippen molar-refractivity contribution in [2.75, 3.05) is 0 Å². The van der Waals surface area contributed by atoms with Crippen molar-refractivity contribution in [2.45, 2.75) is 25.7 Å². The van der Waals surface area contributed by atoms with E-state index in [2.05, 4.69) is 20.9 Å². The molecule has 0 aliphatic heterocycles. The fourth-order valence-corrected chi connectivity index (χ4v) is 1.65. The van der Waals surface area contributed by atoms with E-state index >= 15 is 0 Å². The molecule has 15 heavy (non-hydrogen) atoms. The monoisotopic (exact) mass is 275 g/mol. The van der Waals surface area contributed by atoms with Crippen LogP contribution in [0.2, 0.25) is 0 Å². The van der Waals surface area contributed by atoms with Crippen LogP contribution in [0.15, 0.2) is 16.7 Å². The van der Waals surface area contributed by atoms with Crippen molar-refractivity contribution in [1.82, 2.24) is 4.98 Å². The first-order valence-corrected chi connectivity index (χ1v) is 5.40. The summed E-state index contributed by atoms with van der Waals surface area (Å²) in [6, 6.07) is 2.63. The molecule has 0 saturated carbocycles. The average molecular weight is 276 g/mol. The Labute approximate surface area is 95.5 Å². The molecular weight excluding hydrogens is 265 g/mol. The van der Waals surface area contributed by atoms with E-state index < -0.39 is 17.7 Å². The minimum atomic E-state index is -0.928. The SMILES string of the molecule is CCCC(C(=O)O)c1ccc(F)c(Br)n1. The largest absolute Gasteiger partial charge is 0.481 e. The van der Waals surface area contributed by atoms with Gasteiger partial charge in [-0.1, -0.05) is 13.3 Å². The lowest BCUT2D eigenvalue weighted by atomic mass is 9.99. The number of hydrogen-bond acceptors (Lipinski definition) is 2. The number of hydrogen-bond donors (Lipinski definition) is 1. The number of aromatic nitrogens is 1. The molecule has 1 unspecified atom stereocenters. The van der Waals surface area contributed by atoms with Crippen LogP contribution in [0.4, 0.5) is 4.39 Å². The van der Waals surface area contributed by atoms with Crippen molar-refractivity contribution in [3.8, 4) is 0 Å². The summed E-state index contributed by atoms with van der Waals surface area (Å²) in [5.74, 6) is -2.07. The second-order valence-electron chi connectivity index (χ2n) is 3.19. The van der Waals surface area contributed by atoms with E-state index in [1.165, 1.54) is 12.1 Å². The van der Waals surface area contributed by atoms with Gasteiger partial charge >= 0.3 is 5.97 Å². The molecule has 0 spiro atoms. The van der Waals surface area contributed by atoms with Crippen molar-refractivity contribution in [3.05, 3.63) is 28.2 Å². The number of aliphatic carboxylic acids is 1. The Bertz CT molecular complexity index is 370. The van der Waals surface area contributed by atoms with Crippen molar-refractivity contribution in [3.63, 3.8) is 0 Å². The third-order valence-electron chi connectivity index (χ3n) is 2.06. The van der Waals surface area contributed by atoms with Gasteiger partial charge in [-0.3, -0.25) is 4.79 Å². The highest BCUT2D eigenvalue weighted by atomic mass is 79.9. The summed E-state index contributed by atoms with van der Waals surface area (Å²) in [6.45, 7) is 1.90. The van der Waals surface area contributed by atoms with Crippen LogP contribution in [0.25, 0.3) is 0 Å². The second-order valence-corrected chi connectivity index (χ2v) is 3.94. The molecule has 1 aromatic heterocycles. The van der Waals surface area contributed by atoms with Gasteiger partial charge in [0.15, 0.2) is 5.82 Å². The van der Waals surface area contributed by atoms with Crippen molar-refractivity contribution in [2.24, 2.45) is 0 Å². The lowest BCUT2D eigenvalue weighted by Gasteiger charge is -2.10. The minimum Gasteiger partial charge on any atom is -0.481 e. The van der Waals surface area contributed by atoms with Crippen LogP contribution in [0.5, 0.6) is 0 Å². The lowest BCUT2D eigenvalue weighted by Crippen LogP contribution is -2.13. The number of halogens is 2. The molecule has 0 bridgehead atoms.